The predicted molar refractivity (Wildman–Crippen MR) is 97.9 cm³/mol. The predicted octanol–water partition coefficient (Wildman–Crippen LogP) is 3.19. The van der Waals surface area contributed by atoms with Gasteiger partial charge in [0.1, 0.15) is 6.79 Å². The molecule has 1 aliphatic carbocycles. The molecular weight excluding hydrogens is 336 g/mol. The van der Waals surface area contributed by atoms with Crippen LogP contribution in [0.25, 0.3) is 0 Å². The first-order valence-corrected chi connectivity index (χ1v) is 9.60. The lowest BCUT2D eigenvalue weighted by molar-refractivity contribution is -0.0746. The molecule has 1 fully saturated rings. The van der Waals surface area contributed by atoms with Gasteiger partial charge in [0.15, 0.2) is 0 Å². The highest BCUT2D eigenvalue weighted by molar-refractivity contribution is 7.87. The number of hydrogen-bond donors (Lipinski definition) is 0. The molecule has 3 atom stereocenters. The van der Waals surface area contributed by atoms with Crippen molar-refractivity contribution >= 4 is 10.8 Å². The van der Waals surface area contributed by atoms with E-state index >= 15 is 0 Å². The van der Waals surface area contributed by atoms with Crippen molar-refractivity contribution in [1.82, 2.24) is 0 Å². The number of benzene rings is 2. The summed E-state index contributed by atoms with van der Waals surface area (Å²) < 4.78 is 29.1. The molecule has 25 heavy (non-hydrogen) atoms. The zero-order valence-electron chi connectivity index (χ0n) is 14.4. The molecule has 134 valence electrons. The Bertz CT molecular complexity index is 677. The molecule has 0 amide bonds. The Morgan fingerprint density at radius 2 is 1.72 bits per heavy atom. The number of hydrogen-bond acceptors (Lipinski definition) is 4. The third-order valence-corrected chi connectivity index (χ3v) is 6.43. The van der Waals surface area contributed by atoms with E-state index in [0.717, 1.165) is 17.7 Å². The first-order chi connectivity index (χ1) is 12.3. The molecule has 0 radical (unpaired) electrons. The fourth-order valence-electron chi connectivity index (χ4n) is 2.96. The van der Waals surface area contributed by atoms with Gasteiger partial charge in [-0.3, -0.25) is 4.21 Å². The van der Waals surface area contributed by atoms with E-state index in [1.165, 1.54) is 5.56 Å². The molecule has 2 aromatic carbocycles. The second kappa shape index (κ2) is 8.72. The minimum atomic E-state index is -1.13. The zero-order chi connectivity index (χ0) is 17.5. The summed E-state index contributed by atoms with van der Waals surface area (Å²) in [4.78, 5) is 0.852. The summed E-state index contributed by atoms with van der Waals surface area (Å²) in [5.41, 5.74) is 1.18. The highest BCUT2D eigenvalue weighted by atomic mass is 32.2. The summed E-state index contributed by atoms with van der Waals surface area (Å²) in [5, 5.41) is 0. The second-order valence-electron chi connectivity index (χ2n) is 6.19. The van der Waals surface area contributed by atoms with Gasteiger partial charge in [0.25, 0.3) is 0 Å². The fourth-order valence-corrected chi connectivity index (χ4v) is 4.74. The summed E-state index contributed by atoms with van der Waals surface area (Å²) >= 11 is 0. The summed E-state index contributed by atoms with van der Waals surface area (Å²) in [6.07, 6.45) is 1.45. The SMILES string of the molecule is COCCOCO[C@@H]1C[C@@]1(Cc1ccccc1)S(=O)c1ccccc1. The van der Waals surface area contributed by atoms with Crippen LogP contribution in [0.1, 0.15) is 12.0 Å². The van der Waals surface area contributed by atoms with E-state index in [2.05, 4.69) is 12.1 Å². The Morgan fingerprint density at radius 3 is 2.40 bits per heavy atom. The lowest BCUT2D eigenvalue weighted by Gasteiger charge is -2.18. The molecule has 0 N–H and O–H groups in total. The fraction of sp³-hybridized carbons (Fsp3) is 0.400. The molecule has 3 rings (SSSR count). The molecule has 0 aromatic heterocycles. The lowest BCUT2D eigenvalue weighted by atomic mass is 10.1. The topological polar surface area (TPSA) is 44.8 Å². The highest BCUT2D eigenvalue weighted by Crippen LogP contribution is 2.49. The van der Waals surface area contributed by atoms with Gasteiger partial charge in [0.2, 0.25) is 0 Å². The van der Waals surface area contributed by atoms with Crippen molar-refractivity contribution in [3.63, 3.8) is 0 Å². The largest absolute Gasteiger partial charge is 0.382 e. The van der Waals surface area contributed by atoms with E-state index in [9.17, 15) is 4.21 Å². The Balaban J connectivity index is 1.69. The Labute approximate surface area is 151 Å². The quantitative estimate of drug-likeness (QED) is 0.482. The smallest absolute Gasteiger partial charge is 0.147 e. The monoisotopic (exact) mass is 360 g/mol. The first-order valence-electron chi connectivity index (χ1n) is 8.45. The maximum absolute atomic E-state index is 13.2. The molecule has 1 aliphatic rings. The van der Waals surface area contributed by atoms with Gasteiger partial charge in [-0.15, -0.1) is 0 Å². The van der Waals surface area contributed by atoms with Gasteiger partial charge in [-0.2, -0.15) is 0 Å². The Kier molecular flexibility index (Phi) is 6.37. The molecule has 5 heteroatoms. The summed E-state index contributed by atoms with van der Waals surface area (Å²) in [6, 6.07) is 19.8. The van der Waals surface area contributed by atoms with Crippen LogP contribution in [-0.2, 0) is 31.4 Å². The number of methoxy groups -OCH3 is 1. The van der Waals surface area contributed by atoms with Crippen molar-refractivity contribution in [3.05, 3.63) is 66.2 Å². The minimum absolute atomic E-state index is 0.0590. The van der Waals surface area contributed by atoms with Crippen LogP contribution in [0.5, 0.6) is 0 Å². The van der Waals surface area contributed by atoms with Gasteiger partial charge < -0.3 is 14.2 Å². The van der Waals surface area contributed by atoms with Crippen LogP contribution in [0.2, 0.25) is 0 Å². The van der Waals surface area contributed by atoms with E-state index in [1.54, 1.807) is 7.11 Å². The lowest BCUT2D eigenvalue weighted by Crippen LogP contribution is -2.27. The third-order valence-electron chi connectivity index (χ3n) is 4.41. The normalized spacial score (nSPS) is 23.3. The minimum Gasteiger partial charge on any atom is -0.382 e. The molecule has 0 saturated heterocycles. The summed E-state index contributed by atoms with van der Waals surface area (Å²) in [6.45, 7) is 1.24. The van der Waals surface area contributed by atoms with Gasteiger partial charge in [0, 0.05) is 12.0 Å². The Morgan fingerprint density at radius 1 is 1.04 bits per heavy atom. The van der Waals surface area contributed by atoms with Crippen molar-refractivity contribution < 1.29 is 18.4 Å². The molecule has 2 aromatic rings. The zero-order valence-corrected chi connectivity index (χ0v) is 15.2. The average Bonchev–Trinajstić information content (AvgIpc) is 3.36. The highest BCUT2D eigenvalue weighted by Gasteiger charge is 2.60. The van der Waals surface area contributed by atoms with Crippen molar-refractivity contribution in [2.24, 2.45) is 0 Å². The van der Waals surface area contributed by atoms with E-state index in [-0.39, 0.29) is 17.6 Å². The van der Waals surface area contributed by atoms with Crippen LogP contribution < -0.4 is 0 Å². The Hall–Kier alpha value is -1.53. The van der Waals surface area contributed by atoms with Crippen molar-refractivity contribution in [2.45, 2.75) is 28.6 Å². The van der Waals surface area contributed by atoms with Crippen LogP contribution >= 0.6 is 0 Å². The average molecular weight is 360 g/mol. The number of rotatable bonds is 10. The van der Waals surface area contributed by atoms with Crippen LogP contribution in [0.4, 0.5) is 0 Å². The molecule has 0 bridgehead atoms. The standard InChI is InChI=1S/C20H24O4S/c1-22-12-13-23-16-24-19-15-20(19,14-17-8-4-2-5-9-17)25(21)18-10-6-3-7-11-18/h2-11,19H,12-16H2,1H3/t19-,20-,25?/m1/s1. The maximum Gasteiger partial charge on any atom is 0.147 e. The van der Waals surface area contributed by atoms with Crippen molar-refractivity contribution in [1.29, 1.82) is 0 Å². The molecule has 1 unspecified atom stereocenters. The van der Waals surface area contributed by atoms with Gasteiger partial charge in [-0.25, -0.2) is 0 Å². The number of ether oxygens (including phenoxy) is 3. The third kappa shape index (κ3) is 4.55. The van der Waals surface area contributed by atoms with E-state index in [0.29, 0.717) is 13.2 Å². The van der Waals surface area contributed by atoms with Crippen LogP contribution in [-0.4, -0.2) is 42.2 Å². The molecule has 0 heterocycles. The second-order valence-corrected chi connectivity index (χ2v) is 8.01. The van der Waals surface area contributed by atoms with Crippen LogP contribution in [0.15, 0.2) is 65.6 Å². The molecule has 4 nitrogen and oxygen atoms in total. The van der Waals surface area contributed by atoms with Gasteiger partial charge in [-0.05, 0) is 30.5 Å². The molecular formula is C20H24O4S. The van der Waals surface area contributed by atoms with Crippen molar-refractivity contribution in [2.75, 3.05) is 27.1 Å². The van der Waals surface area contributed by atoms with Crippen LogP contribution in [0.3, 0.4) is 0 Å². The summed E-state index contributed by atoms with van der Waals surface area (Å²) in [7, 11) is 0.511. The van der Waals surface area contributed by atoms with E-state index in [4.69, 9.17) is 14.2 Å². The van der Waals surface area contributed by atoms with E-state index in [1.807, 2.05) is 48.5 Å². The van der Waals surface area contributed by atoms with Gasteiger partial charge >= 0.3 is 0 Å². The van der Waals surface area contributed by atoms with Crippen molar-refractivity contribution in [3.8, 4) is 0 Å². The summed E-state index contributed by atoms with van der Waals surface area (Å²) in [5.74, 6) is 0. The van der Waals surface area contributed by atoms with Gasteiger partial charge in [0.05, 0.1) is 34.9 Å². The van der Waals surface area contributed by atoms with Crippen LogP contribution in [0, 0.1) is 0 Å². The van der Waals surface area contributed by atoms with E-state index < -0.39 is 10.8 Å². The molecule has 1 saturated carbocycles. The van der Waals surface area contributed by atoms with Gasteiger partial charge in [-0.1, -0.05) is 48.5 Å². The molecule has 0 spiro atoms. The first kappa shape index (κ1) is 18.3. The molecule has 0 aliphatic heterocycles. The maximum atomic E-state index is 13.2.